The number of aryl methyl sites for hydroxylation is 2. The predicted molar refractivity (Wildman–Crippen MR) is 94.6 cm³/mol. The van der Waals surface area contributed by atoms with Crippen LogP contribution in [0.25, 0.3) is 21.7 Å². The van der Waals surface area contributed by atoms with Crippen LogP contribution in [0.4, 0.5) is 0 Å². The monoisotopic (exact) mass is 305 g/mol. The van der Waals surface area contributed by atoms with E-state index in [4.69, 9.17) is 4.98 Å². The van der Waals surface area contributed by atoms with Gasteiger partial charge in [0, 0.05) is 15.9 Å². The summed E-state index contributed by atoms with van der Waals surface area (Å²) in [7, 11) is 0. The Balaban J connectivity index is 2.04. The maximum atomic E-state index is 4.80. The fraction of sp³-hybridized carbons (Fsp3) is 0.250. The van der Waals surface area contributed by atoms with Gasteiger partial charge in [-0.2, -0.15) is 0 Å². The molecule has 22 heavy (non-hydrogen) atoms. The number of rotatable bonds is 1. The lowest BCUT2D eigenvalue weighted by atomic mass is 9.80. The molecule has 2 aromatic carbocycles. The van der Waals surface area contributed by atoms with Crippen LogP contribution in [0.3, 0.4) is 0 Å². The molecule has 2 heteroatoms. The Bertz CT molecular complexity index is 867. The lowest BCUT2D eigenvalue weighted by Gasteiger charge is -2.23. The Morgan fingerprint density at radius 2 is 1.55 bits per heavy atom. The van der Waals surface area contributed by atoms with Gasteiger partial charge in [-0.3, -0.25) is 0 Å². The summed E-state index contributed by atoms with van der Waals surface area (Å²) in [6.07, 6.45) is 0. The number of thiazole rings is 1. The van der Waals surface area contributed by atoms with Gasteiger partial charge < -0.3 is 0 Å². The number of hydrogen-bond acceptors (Lipinski definition) is 2. The molecule has 110 valence electrons. The van der Waals surface area contributed by atoms with E-state index in [2.05, 4.69) is 70.2 Å². The van der Waals surface area contributed by atoms with E-state index in [0.717, 1.165) is 10.7 Å². The minimum absolute atomic E-state index is 0.0238. The van der Waals surface area contributed by atoms with Gasteiger partial charge in [-0.25, -0.2) is 4.98 Å². The van der Waals surface area contributed by atoms with Gasteiger partial charge >= 0.3 is 0 Å². The van der Waals surface area contributed by atoms with Crippen molar-refractivity contribution in [2.75, 3.05) is 0 Å². The van der Waals surface area contributed by atoms with E-state index < -0.39 is 0 Å². The van der Waals surface area contributed by atoms with Crippen LogP contribution >= 0.6 is 11.3 Å². The fourth-order valence-electron chi connectivity index (χ4n) is 3.61. The third-order valence-electron chi connectivity index (χ3n) is 4.84. The fourth-order valence-corrected chi connectivity index (χ4v) is 4.56. The van der Waals surface area contributed by atoms with Crippen LogP contribution in [-0.4, -0.2) is 4.98 Å². The molecule has 0 radical (unpaired) electrons. The second-order valence-electron chi connectivity index (χ2n) is 6.56. The van der Waals surface area contributed by atoms with Gasteiger partial charge in [0.15, 0.2) is 0 Å². The Labute approximate surface area is 135 Å². The Morgan fingerprint density at radius 1 is 0.864 bits per heavy atom. The second-order valence-corrected chi connectivity index (χ2v) is 7.76. The average Bonchev–Trinajstić information content (AvgIpc) is 2.96. The van der Waals surface area contributed by atoms with E-state index >= 15 is 0 Å². The first kappa shape index (κ1) is 13.7. The van der Waals surface area contributed by atoms with Gasteiger partial charge in [-0.15, -0.1) is 11.3 Å². The molecule has 4 rings (SSSR count). The van der Waals surface area contributed by atoms with E-state index in [1.165, 1.54) is 32.7 Å². The molecule has 0 saturated carbocycles. The van der Waals surface area contributed by atoms with Gasteiger partial charge in [-0.1, -0.05) is 56.3 Å². The molecule has 0 fully saturated rings. The van der Waals surface area contributed by atoms with Crippen LogP contribution in [0.2, 0.25) is 0 Å². The molecule has 1 heterocycles. The lowest BCUT2D eigenvalue weighted by Crippen LogP contribution is -2.16. The van der Waals surface area contributed by atoms with Crippen molar-refractivity contribution in [3.8, 4) is 21.7 Å². The van der Waals surface area contributed by atoms with E-state index in [1.807, 2.05) is 0 Å². The highest BCUT2D eigenvalue weighted by Crippen LogP contribution is 2.52. The first-order chi connectivity index (χ1) is 10.5. The zero-order chi connectivity index (χ0) is 15.5. The molecule has 0 amide bonds. The molecule has 0 N–H and O–H groups in total. The highest BCUT2D eigenvalue weighted by atomic mass is 32.1. The molecule has 0 saturated heterocycles. The van der Waals surface area contributed by atoms with E-state index in [1.54, 1.807) is 11.3 Å². The summed E-state index contributed by atoms with van der Waals surface area (Å²) < 4.78 is 0. The van der Waals surface area contributed by atoms with Gasteiger partial charge in [0.2, 0.25) is 0 Å². The Kier molecular flexibility index (Phi) is 2.82. The number of benzene rings is 2. The number of aromatic nitrogens is 1. The van der Waals surface area contributed by atoms with E-state index in [0.29, 0.717) is 0 Å². The molecule has 1 nitrogen and oxygen atoms in total. The molecule has 0 aliphatic heterocycles. The van der Waals surface area contributed by atoms with Gasteiger partial charge in [0.1, 0.15) is 5.01 Å². The predicted octanol–water partition coefficient (Wildman–Crippen LogP) is 5.73. The summed E-state index contributed by atoms with van der Waals surface area (Å²) in [6.45, 7) is 8.90. The largest absolute Gasteiger partial charge is 0.241 e. The molecular weight excluding hydrogens is 286 g/mol. The minimum Gasteiger partial charge on any atom is -0.241 e. The van der Waals surface area contributed by atoms with Gasteiger partial charge in [0.05, 0.1) is 5.69 Å². The van der Waals surface area contributed by atoms with Crippen LogP contribution in [0, 0.1) is 13.8 Å². The molecule has 3 aromatic rings. The normalized spacial score (nSPS) is 14.7. The van der Waals surface area contributed by atoms with E-state index in [9.17, 15) is 0 Å². The summed E-state index contributed by atoms with van der Waals surface area (Å²) in [6, 6.07) is 15.4. The van der Waals surface area contributed by atoms with Crippen molar-refractivity contribution >= 4 is 11.3 Å². The topological polar surface area (TPSA) is 12.9 Å². The minimum atomic E-state index is 0.0238. The number of nitrogens with zero attached hydrogens (tertiary/aromatic N) is 1. The lowest BCUT2D eigenvalue weighted by molar-refractivity contribution is 0.662. The van der Waals surface area contributed by atoms with Crippen molar-refractivity contribution in [2.45, 2.75) is 33.1 Å². The summed E-state index contributed by atoms with van der Waals surface area (Å²) >= 11 is 1.80. The van der Waals surface area contributed by atoms with Crippen molar-refractivity contribution in [1.82, 2.24) is 4.98 Å². The van der Waals surface area contributed by atoms with Crippen LogP contribution in [-0.2, 0) is 5.41 Å². The maximum absolute atomic E-state index is 4.80. The smallest absolute Gasteiger partial charge is 0.124 e. The van der Waals surface area contributed by atoms with Crippen LogP contribution < -0.4 is 0 Å². The molecule has 0 bridgehead atoms. The quantitative estimate of drug-likeness (QED) is 0.559. The molecular formula is C20H19NS. The highest BCUT2D eigenvalue weighted by Gasteiger charge is 2.37. The van der Waals surface area contributed by atoms with E-state index in [-0.39, 0.29) is 5.41 Å². The molecule has 0 unspecified atom stereocenters. The van der Waals surface area contributed by atoms with Crippen molar-refractivity contribution in [2.24, 2.45) is 0 Å². The second kappa shape index (κ2) is 4.53. The number of hydrogen-bond donors (Lipinski definition) is 0. The van der Waals surface area contributed by atoms with Gasteiger partial charge in [-0.05, 0) is 36.1 Å². The first-order valence-corrected chi connectivity index (χ1v) is 8.49. The zero-order valence-electron chi connectivity index (χ0n) is 13.4. The van der Waals surface area contributed by atoms with Crippen molar-refractivity contribution < 1.29 is 0 Å². The Hall–Kier alpha value is -1.93. The summed E-state index contributed by atoms with van der Waals surface area (Å²) in [5.41, 5.74) is 8.03. The molecule has 1 aliphatic carbocycles. The molecule has 1 aromatic heterocycles. The van der Waals surface area contributed by atoms with Crippen LogP contribution in [0.1, 0.15) is 35.5 Å². The van der Waals surface area contributed by atoms with Crippen molar-refractivity contribution in [3.63, 3.8) is 0 Å². The highest BCUT2D eigenvalue weighted by molar-refractivity contribution is 7.15. The standard InChI is InChI=1S/C20H19NS/c1-12-13(2)22-19(21-12)16-10-7-9-15-14-8-5-6-11-17(14)20(3,4)18(15)16/h5-11H,1-4H3. The zero-order valence-corrected chi connectivity index (χ0v) is 14.2. The first-order valence-electron chi connectivity index (χ1n) is 7.68. The summed E-state index contributed by atoms with van der Waals surface area (Å²) in [5, 5.41) is 1.15. The van der Waals surface area contributed by atoms with Crippen molar-refractivity contribution in [3.05, 3.63) is 64.2 Å². The summed E-state index contributed by atoms with van der Waals surface area (Å²) in [4.78, 5) is 6.11. The third-order valence-corrected chi connectivity index (χ3v) is 5.95. The maximum Gasteiger partial charge on any atom is 0.124 e. The molecule has 1 aliphatic rings. The SMILES string of the molecule is Cc1nc(-c2cccc3c2C(C)(C)c2ccccc2-3)sc1C. The third kappa shape index (κ3) is 1.74. The Morgan fingerprint density at radius 3 is 2.27 bits per heavy atom. The van der Waals surface area contributed by atoms with Gasteiger partial charge in [0.25, 0.3) is 0 Å². The van der Waals surface area contributed by atoms with Crippen molar-refractivity contribution in [1.29, 1.82) is 0 Å². The molecule has 0 spiro atoms. The van der Waals surface area contributed by atoms with Crippen LogP contribution in [0.5, 0.6) is 0 Å². The van der Waals surface area contributed by atoms with Crippen LogP contribution in [0.15, 0.2) is 42.5 Å². The summed E-state index contributed by atoms with van der Waals surface area (Å²) in [5.74, 6) is 0. The molecule has 0 atom stereocenters. The average molecular weight is 305 g/mol. The number of fused-ring (bicyclic) bond motifs is 3.